The summed E-state index contributed by atoms with van der Waals surface area (Å²) in [5.41, 5.74) is 0. The van der Waals surface area contributed by atoms with Crippen molar-refractivity contribution in [2.24, 2.45) is 0 Å². The molecule has 3 aliphatic rings. The third-order valence-electron chi connectivity index (χ3n) is 3.60. The molecule has 0 amide bonds. The van der Waals surface area contributed by atoms with Crippen molar-refractivity contribution in [2.75, 3.05) is 78.9 Å². The van der Waals surface area contributed by atoms with E-state index >= 15 is 0 Å². The van der Waals surface area contributed by atoms with Gasteiger partial charge in [0.2, 0.25) is 0 Å². The first-order valence-electron chi connectivity index (χ1n) is 7.18. The van der Waals surface area contributed by atoms with Gasteiger partial charge in [0, 0.05) is 0 Å². The highest BCUT2D eigenvalue weighted by Gasteiger charge is 2.45. The van der Waals surface area contributed by atoms with Gasteiger partial charge in [-0.3, -0.25) is 0 Å². The Bertz CT molecular complexity index is 230. The Labute approximate surface area is 130 Å². The predicted molar refractivity (Wildman–Crippen MR) is 74.5 cm³/mol. The van der Waals surface area contributed by atoms with Gasteiger partial charge in [-0.2, -0.15) is 0 Å². The standard InChI is InChI=1S/C12H24N3O3S.ClH/c1-7-16-8-2-13(1)19(14-3-9-17-10-4-14)15-5-11-18-12-6-15;/h1-12H2;1H/q+1;/p-1. The molecule has 3 saturated heterocycles. The molecule has 118 valence electrons. The molecule has 0 bridgehead atoms. The summed E-state index contributed by atoms with van der Waals surface area (Å²) in [6.07, 6.45) is 0. The topological polar surface area (TPSA) is 37.4 Å². The lowest BCUT2D eigenvalue weighted by Gasteiger charge is -2.37. The third-order valence-corrected chi connectivity index (χ3v) is 6.08. The number of nitrogens with zero attached hydrogens (tertiary/aromatic N) is 3. The molecule has 6 nitrogen and oxygen atoms in total. The van der Waals surface area contributed by atoms with E-state index in [9.17, 15) is 0 Å². The van der Waals surface area contributed by atoms with E-state index in [2.05, 4.69) is 12.9 Å². The van der Waals surface area contributed by atoms with E-state index in [1.54, 1.807) is 0 Å². The van der Waals surface area contributed by atoms with E-state index < -0.39 is 0 Å². The van der Waals surface area contributed by atoms with Crippen LogP contribution in [0.5, 0.6) is 0 Å². The first kappa shape index (κ1) is 16.8. The highest BCUT2D eigenvalue weighted by Crippen LogP contribution is 2.21. The second-order valence-corrected chi connectivity index (χ2v) is 6.91. The molecule has 0 radical (unpaired) electrons. The Hall–Kier alpha value is 0.400. The smallest absolute Gasteiger partial charge is 0.268 e. The summed E-state index contributed by atoms with van der Waals surface area (Å²) in [6, 6.07) is 0. The maximum absolute atomic E-state index is 5.50. The Kier molecular flexibility index (Phi) is 7.33. The maximum atomic E-state index is 5.50. The number of ether oxygens (including phenoxy) is 3. The predicted octanol–water partition coefficient (Wildman–Crippen LogP) is -3.65. The van der Waals surface area contributed by atoms with Crippen molar-refractivity contribution in [3.63, 3.8) is 0 Å². The highest BCUT2D eigenvalue weighted by atomic mass is 35.5. The Morgan fingerprint density at radius 2 is 0.750 bits per heavy atom. The van der Waals surface area contributed by atoms with Crippen LogP contribution in [0.15, 0.2) is 0 Å². The minimum absolute atomic E-state index is 0. The van der Waals surface area contributed by atoms with Crippen molar-refractivity contribution in [3.8, 4) is 0 Å². The van der Waals surface area contributed by atoms with Crippen LogP contribution in [-0.2, 0) is 25.7 Å². The number of morpholine rings is 3. The van der Waals surface area contributed by atoms with Gasteiger partial charge in [-0.1, -0.05) is 12.9 Å². The molecule has 0 aliphatic carbocycles. The molecule has 0 aromatic carbocycles. The lowest BCUT2D eigenvalue weighted by atomic mass is 10.5. The molecule has 8 heteroatoms. The molecule has 3 rings (SSSR count). The second kappa shape index (κ2) is 8.75. The fraction of sp³-hybridized carbons (Fsp3) is 1.00. The van der Waals surface area contributed by atoms with Crippen LogP contribution in [0.3, 0.4) is 0 Å². The van der Waals surface area contributed by atoms with Gasteiger partial charge in [-0.15, -0.1) is 0 Å². The average molecular weight is 326 g/mol. The van der Waals surface area contributed by atoms with Crippen molar-refractivity contribution in [2.45, 2.75) is 0 Å². The van der Waals surface area contributed by atoms with Gasteiger partial charge in [-0.25, -0.2) is 0 Å². The van der Waals surface area contributed by atoms with Crippen molar-refractivity contribution in [1.82, 2.24) is 12.9 Å². The van der Waals surface area contributed by atoms with E-state index in [1.807, 2.05) is 0 Å². The van der Waals surface area contributed by atoms with Crippen LogP contribution in [-0.4, -0.2) is 91.8 Å². The average Bonchev–Trinajstić information content (AvgIpc) is 2.51. The van der Waals surface area contributed by atoms with Gasteiger partial charge >= 0.3 is 0 Å². The van der Waals surface area contributed by atoms with Crippen LogP contribution >= 0.6 is 0 Å². The fourth-order valence-corrected chi connectivity index (χ4v) is 5.03. The molecule has 0 aromatic rings. The van der Waals surface area contributed by atoms with Gasteiger partial charge in [0.25, 0.3) is 11.5 Å². The van der Waals surface area contributed by atoms with Gasteiger partial charge in [-0.05, 0) is 0 Å². The van der Waals surface area contributed by atoms with Crippen molar-refractivity contribution < 1.29 is 26.6 Å². The summed E-state index contributed by atoms with van der Waals surface area (Å²) < 4.78 is 24.3. The van der Waals surface area contributed by atoms with E-state index in [0.717, 1.165) is 78.9 Å². The number of hydrogen-bond acceptors (Lipinski definition) is 6. The molecule has 0 atom stereocenters. The summed E-state index contributed by atoms with van der Waals surface area (Å²) in [6.45, 7) is 11.4. The largest absolute Gasteiger partial charge is 1.00 e. The molecule has 0 aromatic heterocycles. The number of hydrogen-bond donors (Lipinski definition) is 0. The van der Waals surface area contributed by atoms with Crippen LogP contribution in [0.1, 0.15) is 0 Å². The van der Waals surface area contributed by atoms with E-state index in [1.165, 1.54) is 0 Å². The molecule has 0 spiro atoms. The van der Waals surface area contributed by atoms with Crippen LogP contribution in [0, 0.1) is 0 Å². The monoisotopic (exact) mass is 325 g/mol. The molecule has 0 N–H and O–H groups in total. The van der Waals surface area contributed by atoms with Crippen LogP contribution in [0.2, 0.25) is 0 Å². The van der Waals surface area contributed by atoms with Crippen molar-refractivity contribution >= 4 is 11.5 Å². The minimum atomic E-state index is 0. The SMILES string of the molecule is C1CN([S+](N2CCOCC2)N2CCOCC2)CCO1.[Cl-]. The molecule has 3 fully saturated rings. The van der Waals surface area contributed by atoms with Crippen molar-refractivity contribution in [3.05, 3.63) is 0 Å². The van der Waals surface area contributed by atoms with E-state index in [0.29, 0.717) is 0 Å². The molecule has 3 heterocycles. The van der Waals surface area contributed by atoms with Gasteiger partial charge in [0.1, 0.15) is 0 Å². The summed E-state index contributed by atoms with van der Waals surface area (Å²) in [7, 11) is 0. The lowest BCUT2D eigenvalue weighted by molar-refractivity contribution is -0.00000668. The Balaban J connectivity index is 0.00000147. The zero-order valence-corrected chi connectivity index (χ0v) is 13.4. The van der Waals surface area contributed by atoms with Gasteiger partial charge in [0.15, 0.2) is 0 Å². The zero-order valence-electron chi connectivity index (χ0n) is 11.8. The van der Waals surface area contributed by atoms with Gasteiger partial charge in [0.05, 0.1) is 78.9 Å². The summed E-state index contributed by atoms with van der Waals surface area (Å²) >= 11 is 0.0762. The fourth-order valence-electron chi connectivity index (χ4n) is 2.62. The third kappa shape index (κ3) is 4.20. The molecular weight excluding hydrogens is 302 g/mol. The highest BCUT2D eigenvalue weighted by molar-refractivity contribution is 7.90. The first-order chi connectivity index (χ1) is 9.45. The van der Waals surface area contributed by atoms with Gasteiger partial charge < -0.3 is 26.6 Å². The van der Waals surface area contributed by atoms with Crippen LogP contribution < -0.4 is 12.4 Å². The normalized spacial score (nSPS) is 27.4. The summed E-state index contributed by atoms with van der Waals surface area (Å²) in [5, 5.41) is 0. The molecule has 20 heavy (non-hydrogen) atoms. The lowest BCUT2D eigenvalue weighted by Crippen LogP contribution is -3.00. The summed E-state index contributed by atoms with van der Waals surface area (Å²) in [4.78, 5) is 0. The van der Waals surface area contributed by atoms with E-state index in [-0.39, 0.29) is 23.9 Å². The minimum Gasteiger partial charge on any atom is -1.00 e. The van der Waals surface area contributed by atoms with Crippen molar-refractivity contribution in [1.29, 1.82) is 0 Å². The number of halogens is 1. The zero-order chi connectivity index (χ0) is 12.9. The van der Waals surface area contributed by atoms with Crippen LogP contribution in [0.4, 0.5) is 0 Å². The summed E-state index contributed by atoms with van der Waals surface area (Å²) in [5.74, 6) is 0. The molecular formula is C12H24ClN3O3S. The quantitative estimate of drug-likeness (QED) is 0.498. The second-order valence-electron chi connectivity index (χ2n) is 4.87. The van der Waals surface area contributed by atoms with E-state index in [4.69, 9.17) is 14.2 Å². The Morgan fingerprint density at radius 1 is 0.500 bits per heavy atom. The Morgan fingerprint density at radius 3 is 1.00 bits per heavy atom. The molecule has 0 saturated carbocycles. The number of rotatable bonds is 3. The molecule has 3 aliphatic heterocycles. The maximum Gasteiger partial charge on any atom is 0.268 e. The van der Waals surface area contributed by atoms with Crippen LogP contribution in [0.25, 0.3) is 0 Å². The first-order valence-corrected chi connectivity index (χ1v) is 8.27. The molecule has 0 unspecified atom stereocenters.